The fourth-order valence-electron chi connectivity index (χ4n) is 3.51. The number of nitrogens with zero attached hydrogens (tertiary/aromatic N) is 1. The summed E-state index contributed by atoms with van der Waals surface area (Å²) in [5, 5.41) is 0. The van der Waals surface area contributed by atoms with E-state index in [9.17, 15) is 0 Å². The molecule has 1 aliphatic rings. The van der Waals surface area contributed by atoms with Crippen molar-refractivity contribution in [2.24, 2.45) is 23.5 Å². The second-order valence-corrected chi connectivity index (χ2v) is 7.25. The van der Waals surface area contributed by atoms with Crippen LogP contribution >= 0.6 is 11.8 Å². The van der Waals surface area contributed by atoms with E-state index in [-0.39, 0.29) is 0 Å². The zero-order chi connectivity index (χ0) is 13.7. The van der Waals surface area contributed by atoms with Crippen LogP contribution in [0.5, 0.6) is 0 Å². The number of hydrogen-bond donors (Lipinski definition) is 1. The van der Waals surface area contributed by atoms with Gasteiger partial charge in [-0.1, -0.05) is 20.8 Å². The second-order valence-electron chi connectivity index (χ2n) is 6.34. The third-order valence-corrected chi connectivity index (χ3v) is 5.40. The van der Waals surface area contributed by atoms with Crippen LogP contribution in [0.15, 0.2) is 0 Å². The maximum Gasteiger partial charge on any atom is 0.0180 e. The first-order valence-corrected chi connectivity index (χ1v) is 8.83. The Kier molecular flexibility index (Phi) is 7.04. The summed E-state index contributed by atoms with van der Waals surface area (Å²) in [5.74, 6) is 3.50. The standard InChI is InChI=1S/C15H32N2S/c1-6-13(10-18-5)17(4)9-14-12(3)7-11(2)8-15(14)16/h11-15H,6-10,16H2,1-5H3. The largest absolute Gasteiger partial charge is 0.327 e. The molecule has 2 nitrogen and oxygen atoms in total. The molecule has 1 aliphatic carbocycles. The lowest BCUT2D eigenvalue weighted by Gasteiger charge is -2.41. The smallest absolute Gasteiger partial charge is 0.0180 e. The molecule has 3 heteroatoms. The lowest BCUT2D eigenvalue weighted by atomic mass is 9.72. The number of nitrogens with two attached hydrogens (primary N) is 1. The maximum atomic E-state index is 6.39. The van der Waals surface area contributed by atoms with Crippen molar-refractivity contribution in [2.45, 2.75) is 52.1 Å². The van der Waals surface area contributed by atoms with E-state index in [1.54, 1.807) is 0 Å². The predicted octanol–water partition coefficient (Wildman–Crippen LogP) is 3.07. The molecule has 0 saturated heterocycles. The van der Waals surface area contributed by atoms with E-state index in [0.717, 1.165) is 11.8 Å². The third kappa shape index (κ3) is 4.43. The summed E-state index contributed by atoms with van der Waals surface area (Å²) in [6.45, 7) is 8.21. The predicted molar refractivity (Wildman–Crippen MR) is 84.1 cm³/mol. The Hall–Kier alpha value is 0.270. The Balaban J connectivity index is 2.53. The molecule has 2 N–H and O–H groups in total. The van der Waals surface area contributed by atoms with Gasteiger partial charge in [-0.3, -0.25) is 0 Å². The van der Waals surface area contributed by atoms with Gasteiger partial charge in [-0.05, 0) is 50.3 Å². The first kappa shape index (κ1) is 16.3. The van der Waals surface area contributed by atoms with Crippen molar-refractivity contribution in [3.05, 3.63) is 0 Å². The van der Waals surface area contributed by atoms with Gasteiger partial charge in [0.2, 0.25) is 0 Å². The van der Waals surface area contributed by atoms with Crippen LogP contribution in [0.2, 0.25) is 0 Å². The highest BCUT2D eigenvalue weighted by molar-refractivity contribution is 7.98. The highest BCUT2D eigenvalue weighted by atomic mass is 32.2. The van der Waals surface area contributed by atoms with Gasteiger partial charge in [0.25, 0.3) is 0 Å². The Labute approximate surface area is 118 Å². The molecule has 0 heterocycles. The van der Waals surface area contributed by atoms with Gasteiger partial charge in [0.15, 0.2) is 0 Å². The lowest BCUT2D eigenvalue weighted by molar-refractivity contribution is 0.113. The quantitative estimate of drug-likeness (QED) is 0.806. The topological polar surface area (TPSA) is 29.3 Å². The molecule has 0 amide bonds. The van der Waals surface area contributed by atoms with Crippen LogP contribution in [-0.4, -0.2) is 42.6 Å². The van der Waals surface area contributed by atoms with E-state index in [4.69, 9.17) is 5.73 Å². The van der Waals surface area contributed by atoms with Crippen molar-refractivity contribution in [1.82, 2.24) is 4.90 Å². The molecule has 0 aromatic rings. The van der Waals surface area contributed by atoms with Gasteiger partial charge < -0.3 is 10.6 Å². The number of thioether (sulfide) groups is 1. The van der Waals surface area contributed by atoms with Crippen molar-refractivity contribution in [2.75, 3.05) is 25.6 Å². The second kappa shape index (κ2) is 7.76. The zero-order valence-corrected chi connectivity index (χ0v) is 13.7. The summed E-state index contributed by atoms with van der Waals surface area (Å²) in [5.41, 5.74) is 6.39. The summed E-state index contributed by atoms with van der Waals surface area (Å²) >= 11 is 1.95. The fraction of sp³-hybridized carbons (Fsp3) is 1.00. The molecule has 1 rings (SSSR count). The summed E-state index contributed by atoms with van der Waals surface area (Å²) in [4.78, 5) is 2.55. The van der Waals surface area contributed by atoms with Crippen LogP contribution in [0.3, 0.4) is 0 Å². The van der Waals surface area contributed by atoms with Gasteiger partial charge in [-0.15, -0.1) is 0 Å². The molecule has 108 valence electrons. The summed E-state index contributed by atoms with van der Waals surface area (Å²) < 4.78 is 0. The molecule has 5 unspecified atom stereocenters. The van der Waals surface area contributed by atoms with E-state index in [1.165, 1.54) is 31.6 Å². The normalized spacial score (nSPS) is 34.8. The van der Waals surface area contributed by atoms with E-state index in [1.807, 2.05) is 11.8 Å². The van der Waals surface area contributed by atoms with E-state index in [0.29, 0.717) is 18.0 Å². The van der Waals surface area contributed by atoms with Crippen LogP contribution < -0.4 is 5.73 Å². The molecule has 18 heavy (non-hydrogen) atoms. The minimum absolute atomic E-state index is 0.401. The highest BCUT2D eigenvalue weighted by Crippen LogP contribution is 2.33. The van der Waals surface area contributed by atoms with Gasteiger partial charge in [0.1, 0.15) is 0 Å². The fourth-order valence-corrected chi connectivity index (χ4v) is 4.39. The lowest BCUT2D eigenvalue weighted by Crippen LogP contribution is -2.48. The summed E-state index contributed by atoms with van der Waals surface area (Å²) in [7, 11) is 2.28. The van der Waals surface area contributed by atoms with Crippen molar-refractivity contribution >= 4 is 11.8 Å². The number of hydrogen-bond acceptors (Lipinski definition) is 3. The molecule has 0 bridgehead atoms. The molecular formula is C15H32N2S. The maximum absolute atomic E-state index is 6.39. The third-order valence-electron chi connectivity index (χ3n) is 4.68. The minimum Gasteiger partial charge on any atom is -0.327 e. The first-order chi connectivity index (χ1) is 8.49. The van der Waals surface area contributed by atoms with Gasteiger partial charge in [0, 0.05) is 24.4 Å². The Bertz CT molecular complexity index is 223. The van der Waals surface area contributed by atoms with Crippen LogP contribution in [0.25, 0.3) is 0 Å². The molecule has 0 aromatic carbocycles. The zero-order valence-electron chi connectivity index (χ0n) is 12.9. The molecular weight excluding hydrogens is 240 g/mol. The van der Waals surface area contributed by atoms with Crippen LogP contribution in [0.4, 0.5) is 0 Å². The molecule has 0 aliphatic heterocycles. The van der Waals surface area contributed by atoms with Crippen LogP contribution in [0, 0.1) is 17.8 Å². The van der Waals surface area contributed by atoms with Crippen molar-refractivity contribution < 1.29 is 0 Å². The van der Waals surface area contributed by atoms with Gasteiger partial charge in [-0.25, -0.2) is 0 Å². The molecule has 0 radical (unpaired) electrons. The van der Waals surface area contributed by atoms with Crippen LogP contribution in [-0.2, 0) is 0 Å². The SMILES string of the molecule is CCC(CSC)N(C)CC1C(C)CC(C)CC1N. The van der Waals surface area contributed by atoms with Gasteiger partial charge >= 0.3 is 0 Å². The van der Waals surface area contributed by atoms with Crippen molar-refractivity contribution in [3.8, 4) is 0 Å². The Morgan fingerprint density at radius 3 is 2.50 bits per heavy atom. The molecule has 5 atom stereocenters. The highest BCUT2D eigenvalue weighted by Gasteiger charge is 2.33. The molecule has 1 fully saturated rings. The molecule has 0 spiro atoms. The van der Waals surface area contributed by atoms with Gasteiger partial charge in [0.05, 0.1) is 0 Å². The Morgan fingerprint density at radius 1 is 1.33 bits per heavy atom. The average Bonchev–Trinajstić information content (AvgIpc) is 2.30. The monoisotopic (exact) mass is 272 g/mol. The van der Waals surface area contributed by atoms with E-state index < -0.39 is 0 Å². The minimum atomic E-state index is 0.401. The van der Waals surface area contributed by atoms with Crippen molar-refractivity contribution in [1.29, 1.82) is 0 Å². The summed E-state index contributed by atoms with van der Waals surface area (Å²) in [6.07, 6.45) is 6.00. The average molecular weight is 273 g/mol. The number of rotatable bonds is 6. The van der Waals surface area contributed by atoms with Gasteiger partial charge in [-0.2, -0.15) is 11.8 Å². The Morgan fingerprint density at radius 2 is 2.00 bits per heavy atom. The van der Waals surface area contributed by atoms with Crippen LogP contribution in [0.1, 0.15) is 40.0 Å². The molecule has 0 aromatic heterocycles. The van der Waals surface area contributed by atoms with E-state index in [2.05, 4.69) is 39.0 Å². The first-order valence-electron chi connectivity index (χ1n) is 7.44. The van der Waals surface area contributed by atoms with Crippen molar-refractivity contribution in [3.63, 3.8) is 0 Å². The van der Waals surface area contributed by atoms with E-state index >= 15 is 0 Å². The molecule has 1 saturated carbocycles. The summed E-state index contributed by atoms with van der Waals surface area (Å²) in [6, 6.07) is 1.11.